The van der Waals surface area contributed by atoms with E-state index in [1.165, 1.54) is 0 Å². The number of carbonyl (C=O) groups is 1. The third kappa shape index (κ3) is 2.39. The molecule has 0 fully saturated rings. The first-order valence-corrected chi connectivity index (χ1v) is 7.16. The number of rotatable bonds is 1. The third-order valence-corrected chi connectivity index (χ3v) is 3.48. The average Bonchev–Trinajstić information content (AvgIpc) is 2.73. The summed E-state index contributed by atoms with van der Waals surface area (Å²) in [6.07, 6.45) is 1.73. The third-order valence-electron chi connectivity index (χ3n) is 3.48. The van der Waals surface area contributed by atoms with Gasteiger partial charge in [0.1, 0.15) is 11.4 Å². The standard InChI is InChI=1S/C17H19N3O2/c1-9-14(16(21)22-17(2,3)4)11-6-5-10-8-19-13(18)7-12(10)15(11)20-9/h5-8,20H,1-4H3,(H2,18,19). The second-order valence-electron chi connectivity index (χ2n) is 6.45. The maximum absolute atomic E-state index is 12.5. The lowest BCUT2D eigenvalue weighted by Crippen LogP contribution is -2.24. The molecule has 1 aromatic carbocycles. The Morgan fingerprint density at radius 2 is 2.00 bits per heavy atom. The number of anilines is 1. The Bertz CT molecular complexity index is 888. The van der Waals surface area contributed by atoms with Crippen LogP contribution in [0, 0.1) is 6.92 Å². The molecule has 5 nitrogen and oxygen atoms in total. The van der Waals surface area contributed by atoms with Crippen LogP contribution in [0.5, 0.6) is 0 Å². The molecular weight excluding hydrogens is 278 g/mol. The van der Waals surface area contributed by atoms with Crippen molar-refractivity contribution in [1.29, 1.82) is 0 Å². The molecule has 0 amide bonds. The molecule has 0 aliphatic rings. The molecule has 0 atom stereocenters. The highest BCUT2D eigenvalue weighted by molar-refractivity contribution is 6.14. The Kier molecular flexibility index (Phi) is 3.09. The molecule has 0 aliphatic carbocycles. The van der Waals surface area contributed by atoms with Gasteiger partial charge in [-0.3, -0.25) is 0 Å². The highest BCUT2D eigenvalue weighted by Crippen LogP contribution is 2.30. The number of fused-ring (bicyclic) bond motifs is 3. The fourth-order valence-corrected chi connectivity index (χ4v) is 2.62. The number of aromatic amines is 1. The molecule has 2 aromatic heterocycles. The molecule has 0 bridgehead atoms. The van der Waals surface area contributed by atoms with E-state index in [-0.39, 0.29) is 5.97 Å². The second-order valence-corrected chi connectivity index (χ2v) is 6.45. The zero-order valence-electron chi connectivity index (χ0n) is 13.2. The van der Waals surface area contributed by atoms with Gasteiger partial charge in [0.15, 0.2) is 0 Å². The van der Waals surface area contributed by atoms with Crippen molar-refractivity contribution in [3.05, 3.63) is 35.7 Å². The molecule has 5 heteroatoms. The summed E-state index contributed by atoms with van der Waals surface area (Å²) in [6, 6.07) is 5.66. The monoisotopic (exact) mass is 297 g/mol. The molecule has 0 saturated carbocycles. The second kappa shape index (κ2) is 4.73. The van der Waals surface area contributed by atoms with Crippen molar-refractivity contribution in [3.8, 4) is 0 Å². The van der Waals surface area contributed by atoms with E-state index in [9.17, 15) is 4.79 Å². The van der Waals surface area contributed by atoms with E-state index in [1.54, 1.807) is 6.20 Å². The van der Waals surface area contributed by atoms with E-state index in [0.717, 1.165) is 27.4 Å². The summed E-state index contributed by atoms with van der Waals surface area (Å²) in [5.41, 5.74) is 7.49. The molecule has 0 spiro atoms. The van der Waals surface area contributed by atoms with Gasteiger partial charge in [-0.2, -0.15) is 0 Å². The van der Waals surface area contributed by atoms with Crippen LogP contribution in [0.3, 0.4) is 0 Å². The summed E-state index contributed by atoms with van der Waals surface area (Å²) in [5.74, 6) is 0.128. The molecule has 114 valence electrons. The predicted molar refractivity (Wildman–Crippen MR) is 87.9 cm³/mol. The van der Waals surface area contributed by atoms with Crippen LogP contribution in [0.1, 0.15) is 36.8 Å². The van der Waals surface area contributed by atoms with Crippen LogP contribution in [0.15, 0.2) is 24.4 Å². The Hall–Kier alpha value is -2.56. The fraction of sp³-hybridized carbons (Fsp3) is 0.294. The number of nitrogens with zero attached hydrogens (tertiary/aromatic N) is 1. The number of carbonyl (C=O) groups excluding carboxylic acids is 1. The van der Waals surface area contributed by atoms with E-state index in [2.05, 4.69) is 9.97 Å². The van der Waals surface area contributed by atoms with Crippen LogP contribution >= 0.6 is 0 Å². The van der Waals surface area contributed by atoms with Gasteiger partial charge < -0.3 is 15.5 Å². The minimum atomic E-state index is -0.529. The van der Waals surface area contributed by atoms with Crippen LogP contribution in [-0.2, 0) is 4.74 Å². The van der Waals surface area contributed by atoms with Crippen LogP contribution in [0.25, 0.3) is 21.7 Å². The Balaban J connectivity index is 2.24. The van der Waals surface area contributed by atoms with E-state index in [1.807, 2.05) is 45.9 Å². The van der Waals surface area contributed by atoms with E-state index < -0.39 is 5.60 Å². The lowest BCUT2D eigenvalue weighted by atomic mass is 10.1. The Labute approximate surface area is 128 Å². The molecule has 22 heavy (non-hydrogen) atoms. The quantitative estimate of drug-likeness (QED) is 0.673. The number of pyridine rings is 1. The molecule has 0 aliphatic heterocycles. The number of benzene rings is 1. The van der Waals surface area contributed by atoms with Gasteiger partial charge in [-0.15, -0.1) is 0 Å². The lowest BCUT2D eigenvalue weighted by Gasteiger charge is -2.19. The minimum absolute atomic E-state index is 0.322. The highest BCUT2D eigenvalue weighted by Gasteiger charge is 2.23. The van der Waals surface area contributed by atoms with Crippen LogP contribution in [0.2, 0.25) is 0 Å². The predicted octanol–water partition coefficient (Wildman–Crippen LogP) is 3.56. The smallest absolute Gasteiger partial charge is 0.341 e. The van der Waals surface area contributed by atoms with Gasteiger partial charge in [0.25, 0.3) is 0 Å². The normalized spacial score (nSPS) is 12.0. The number of aromatic nitrogens is 2. The van der Waals surface area contributed by atoms with Gasteiger partial charge in [-0.05, 0) is 33.8 Å². The Morgan fingerprint density at radius 1 is 1.27 bits per heavy atom. The molecule has 3 rings (SSSR count). The van der Waals surface area contributed by atoms with Gasteiger partial charge in [0, 0.05) is 28.0 Å². The molecule has 0 unspecified atom stereocenters. The van der Waals surface area contributed by atoms with E-state index in [4.69, 9.17) is 10.5 Å². The number of esters is 1. The van der Waals surface area contributed by atoms with Crippen LogP contribution < -0.4 is 5.73 Å². The van der Waals surface area contributed by atoms with Crippen molar-refractivity contribution < 1.29 is 9.53 Å². The van der Waals surface area contributed by atoms with Crippen LogP contribution in [0.4, 0.5) is 5.82 Å². The molecule has 3 N–H and O–H groups in total. The summed E-state index contributed by atoms with van der Waals surface area (Å²) >= 11 is 0. The molecule has 2 heterocycles. The highest BCUT2D eigenvalue weighted by atomic mass is 16.6. The van der Waals surface area contributed by atoms with Crippen LogP contribution in [-0.4, -0.2) is 21.5 Å². The van der Waals surface area contributed by atoms with Gasteiger partial charge in [0.05, 0.1) is 11.1 Å². The number of hydrogen-bond acceptors (Lipinski definition) is 4. The maximum atomic E-state index is 12.5. The van der Waals surface area contributed by atoms with Crippen molar-refractivity contribution in [1.82, 2.24) is 9.97 Å². The molecule has 0 saturated heterocycles. The fourth-order valence-electron chi connectivity index (χ4n) is 2.62. The summed E-state index contributed by atoms with van der Waals surface area (Å²) in [6.45, 7) is 7.44. The largest absolute Gasteiger partial charge is 0.456 e. The van der Waals surface area contributed by atoms with Crippen molar-refractivity contribution in [2.45, 2.75) is 33.3 Å². The van der Waals surface area contributed by atoms with Crippen molar-refractivity contribution >= 4 is 33.5 Å². The van der Waals surface area contributed by atoms with Gasteiger partial charge >= 0.3 is 5.97 Å². The first-order chi connectivity index (χ1) is 10.3. The summed E-state index contributed by atoms with van der Waals surface area (Å²) in [4.78, 5) is 19.9. The first kappa shape index (κ1) is 14.4. The number of hydrogen-bond donors (Lipinski definition) is 2. The summed E-state index contributed by atoms with van der Waals surface area (Å²) in [5, 5.41) is 2.76. The van der Waals surface area contributed by atoms with Gasteiger partial charge in [-0.25, -0.2) is 9.78 Å². The first-order valence-electron chi connectivity index (χ1n) is 7.16. The number of H-pyrrole nitrogens is 1. The lowest BCUT2D eigenvalue weighted by molar-refractivity contribution is 0.00711. The zero-order chi connectivity index (χ0) is 16.1. The van der Waals surface area contributed by atoms with E-state index >= 15 is 0 Å². The van der Waals surface area contributed by atoms with Gasteiger partial charge in [-0.1, -0.05) is 12.1 Å². The number of nitrogens with two attached hydrogens (primary N) is 1. The average molecular weight is 297 g/mol. The molecule has 0 radical (unpaired) electrons. The topological polar surface area (TPSA) is 81.0 Å². The van der Waals surface area contributed by atoms with E-state index in [0.29, 0.717) is 11.4 Å². The summed E-state index contributed by atoms with van der Waals surface area (Å²) < 4.78 is 5.51. The number of aryl methyl sites for hydroxylation is 1. The van der Waals surface area contributed by atoms with Crippen molar-refractivity contribution in [3.63, 3.8) is 0 Å². The van der Waals surface area contributed by atoms with Gasteiger partial charge in [0.2, 0.25) is 0 Å². The summed E-state index contributed by atoms with van der Waals surface area (Å²) in [7, 11) is 0. The molecular formula is C17H19N3O2. The number of nitrogen functional groups attached to an aromatic ring is 1. The number of ether oxygens (including phenoxy) is 1. The number of nitrogens with one attached hydrogen (secondary N) is 1. The SMILES string of the molecule is Cc1[nH]c2c(ccc3cnc(N)cc32)c1C(=O)OC(C)(C)C. The molecule has 3 aromatic rings. The maximum Gasteiger partial charge on any atom is 0.341 e. The van der Waals surface area contributed by atoms with Crippen molar-refractivity contribution in [2.75, 3.05) is 5.73 Å². The zero-order valence-corrected chi connectivity index (χ0v) is 13.2. The Morgan fingerprint density at radius 3 is 2.68 bits per heavy atom. The van der Waals surface area contributed by atoms with Crippen molar-refractivity contribution in [2.24, 2.45) is 0 Å². The minimum Gasteiger partial charge on any atom is -0.456 e.